The van der Waals surface area contributed by atoms with Gasteiger partial charge in [-0.1, -0.05) is 11.6 Å². The summed E-state index contributed by atoms with van der Waals surface area (Å²) in [5, 5.41) is 5.46. The van der Waals surface area contributed by atoms with E-state index in [1.54, 1.807) is 23.2 Å². The molecule has 7 nitrogen and oxygen atoms in total. The maximum absolute atomic E-state index is 13.3. The minimum Gasteiger partial charge on any atom is -0.370 e. The van der Waals surface area contributed by atoms with Gasteiger partial charge in [0.05, 0.1) is 27.4 Å². The van der Waals surface area contributed by atoms with Crippen molar-refractivity contribution in [2.24, 2.45) is 14.1 Å². The second kappa shape index (κ2) is 7.44. The molecule has 29 heavy (non-hydrogen) atoms. The smallest absolute Gasteiger partial charge is 0.328 e. The normalized spacial score (nSPS) is 13.9. The molecule has 2 aromatic carbocycles. The van der Waals surface area contributed by atoms with Crippen LogP contribution in [0.3, 0.4) is 0 Å². The summed E-state index contributed by atoms with van der Waals surface area (Å²) in [6.45, 7) is 1.77. The maximum Gasteiger partial charge on any atom is 0.328 e. The number of halogens is 2. The lowest BCUT2D eigenvalue weighted by atomic mass is 10.2. The molecule has 4 rings (SSSR count). The fourth-order valence-electron chi connectivity index (χ4n) is 3.71. The molecule has 1 aliphatic heterocycles. The van der Waals surface area contributed by atoms with Gasteiger partial charge >= 0.3 is 11.7 Å². The molecule has 2 N–H and O–H groups in total. The summed E-state index contributed by atoms with van der Waals surface area (Å²) < 4.78 is 16.5. The van der Waals surface area contributed by atoms with Gasteiger partial charge < -0.3 is 15.5 Å². The third-order valence-corrected chi connectivity index (χ3v) is 5.55. The highest BCUT2D eigenvalue weighted by Crippen LogP contribution is 2.33. The summed E-state index contributed by atoms with van der Waals surface area (Å²) >= 11 is 5.78. The summed E-state index contributed by atoms with van der Waals surface area (Å²) in [5.74, 6) is -0.551. The van der Waals surface area contributed by atoms with E-state index in [1.165, 1.54) is 18.2 Å². The number of nitrogens with zero attached hydrogens (tertiary/aromatic N) is 3. The Morgan fingerprint density at radius 1 is 1.03 bits per heavy atom. The van der Waals surface area contributed by atoms with E-state index in [4.69, 9.17) is 11.6 Å². The average Bonchev–Trinajstić information content (AvgIpc) is 3.29. The molecule has 9 heteroatoms. The zero-order valence-corrected chi connectivity index (χ0v) is 16.9. The number of imidazole rings is 1. The SMILES string of the molecule is Cn1c(=O)n(C)c2cc(N3CCCC3)c(NC(=O)Nc3ccc(F)c(Cl)c3)cc21. The number of hydrogen-bond donors (Lipinski definition) is 2. The zero-order chi connectivity index (χ0) is 20.7. The van der Waals surface area contributed by atoms with Gasteiger partial charge in [-0.05, 0) is 43.2 Å². The predicted molar refractivity (Wildman–Crippen MR) is 114 cm³/mol. The maximum atomic E-state index is 13.3. The van der Waals surface area contributed by atoms with Gasteiger partial charge in [-0.15, -0.1) is 0 Å². The monoisotopic (exact) mass is 417 g/mol. The molecule has 3 aromatic rings. The first-order valence-corrected chi connectivity index (χ1v) is 9.70. The highest BCUT2D eigenvalue weighted by atomic mass is 35.5. The summed E-state index contributed by atoms with van der Waals surface area (Å²) in [7, 11) is 3.43. The molecule has 0 aliphatic carbocycles. The molecular weight excluding hydrogens is 397 g/mol. The van der Waals surface area contributed by atoms with Crippen LogP contribution in [0.2, 0.25) is 5.02 Å². The van der Waals surface area contributed by atoms with Crippen LogP contribution >= 0.6 is 11.6 Å². The van der Waals surface area contributed by atoms with E-state index in [-0.39, 0.29) is 10.7 Å². The number of aryl methyl sites for hydroxylation is 2. The molecule has 0 bridgehead atoms. The van der Waals surface area contributed by atoms with Gasteiger partial charge in [0.1, 0.15) is 5.82 Å². The number of anilines is 3. The van der Waals surface area contributed by atoms with Crippen molar-refractivity contribution < 1.29 is 9.18 Å². The van der Waals surface area contributed by atoms with Crippen LogP contribution in [0.1, 0.15) is 12.8 Å². The number of amides is 2. The van der Waals surface area contributed by atoms with Crippen molar-refractivity contribution in [3.8, 4) is 0 Å². The largest absolute Gasteiger partial charge is 0.370 e. The molecule has 2 heterocycles. The lowest BCUT2D eigenvalue weighted by molar-refractivity contribution is 0.262. The third kappa shape index (κ3) is 3.55. The minimum absolute atomic E-state index is 0.0683. The number of nitrogens with one attached hydrogen (secondary N) is 2. The number of rotatable bonds is 3. The Bertz CT molecular complexity index is 1160. The molecule has 0 atom stereocenters. The molecule has 0 unspecified atom stereocenters. The minimum atomic E-state index is -0.551. The lowest BCUT2D eigenvalue weighted by Crippen LogP contribution is -2.24. The van der Waals surface area contributed by atoms with Crippen LogP contribution in [0.25, 0.3) is 11.0 Å². The van der Waals surface area contributed by atoms with E-state index in [2.05, 4.69) is 15.5 Å². The third-order valence-electron chi connectivity index (χ3n) is 5.26. The first kappa shape index (κ1) is 19.3. The average molecular weight is 418 g/mol. The van der Waals surface area contributed by atoms with Crippen molar-refractivity contribution in [1.82, 2.24) is 9.13 Å². The summed E-state index contributed by atoms with van der Waals surface area (Å²) in [5.41, 5.74) is 3.24. The molecule has 1 aliphatic rings. The second-order valence-electron chi connectivity index (χ2n) is 7.16. The van der Waals surface area contributed by atoms with Gasteiger partial charge in [-0.3, -0.25) is 9.13 Å². The van der Waals surface area contributed by atoms with Crippen LogP contribution in [-0.4, -0.2) is 28.3 Å². The van der Waals surface area contributed by atoms with Crippen molar-refractivity contribution in [2.75, 3.05) is 28.6 Å². The van der Waals surface area contributed by atoms with E-state index < -0.39 is 11.8 Å². The van der Waals surface area contributed by atoms with Gasteiger partial charge in [0.25, 0.3) is 0 Å². The van der Waals surface area contributed by atoms with E-state index in [1.807, 2.05) is 12.1 Å². The Morgan fingerprint density at radius 3 is 2.34 bits per heavy atom. The Kier molecular flexibility index (Phi) is 4.96. The van der Waals surface area contributed by atoms with Crippen molar-refractivity contribution in [1.29, 1.82) is 0 Å². The van der Waals surface area contributed by atoms with Gasteiger partial charge in [-0.25, -0.2) is 14.0 Å². The number of urea groups is 1. The van der Waals surface area contributed by atoms with Crippen molar-refractivity contribution in [2.45, 2.75) is 12.8 Å². The first-order chi connectivity index (χ1) is 13.8. The Balaban J connectivity index is 1.69. The van der Waals surface area contributed by atoms with Crippen LogP contribution in [0.15, 0.2) is 35.1 Å². The molecule has 2 amide bonds. The number of hydrogen-bond acceptors (Lipinski definition) is 3. The molecule has 0 radical (unpaired) electrons. The van der Waals surface area contributed by atoms with E-state index in [0.717, 1.165) is 42.7 Å². The fourth-order valence-corrected chi connectivity index (χ4v) is 3.89. The number of carbonyl (C=O) groups excluding carboxylic acids is 1. The summed E-state index contributed by atoms with van der Waals surface area (Å²) in [4.78, 5) is 27.1. The fraction of sp³-hybridized carbons (Fsp3) is 0.300. The molecule has 152 valence electrons. The lowest BCUT2D eigenvalue weighted by Gasteiger charge is -2.22. The molecular formula is C20H21ClFN5O2. The van der Waals surface area contributed by atoms with E-state index in [0.29, 0.717) is 11.4 Å². The zero-order valence-electron chi connectivity index (χ0n) is 16.1. The van der Waals surface area contributed by atoms with E-state index >= 15 is 0 Å². The molecule has 1 aromatic heterocycles. The highest BCUT2D eigenvalue weighted by Gasteiger charge is 2.20. The van der Waals surface area contributed by atoms with Gasteiger partial charge in [0, 0.05) is 32.9 Å². The van der Waals surface area contributed by atoms with Crippen LogP contribution in [0.5, 0.6) is 0 Å². The second-order valence-corrected chi connectivity index (χ2v) is 7.57. The van der Waals surface area contributed by atoms with Crippen molar-refractivity contribution in [3.05, 3.63) is 51.7 Å². The Hall–Kier alpha value is -3.00. The Labute approximate surface area is 171 Å². The van der Waals surface area contributed by atoms with Crippen LogP contribution < -0.4 is 21.2 Å². The number of benzene rings is 2. The number of carbonyl (C=O) groups is 1. The number of fused-ring (bicyclic) bond motifs is 1. The standard InChI is InChI=1S/C20H21ClFN5O2/c1-25-17-10-15(24-19(28)23-12-5-6-14(22)13(21)9-12)16(27-7-3-4-8-27)11-18(17)26(2)20(25)29/h5-6,9-11H,3-4,7-8H2,1-2H3,(H2,23,24,28). The van der Waals surface area contributed by atoms with Gasteiger partial charge in [0.2, 0.25) is 0 Å². The Morgan fingerprint density at radius 2 is 1.69 bits per heavy atom. The van der Waals surface area contributed by atoms with Gasteiger partial charge in [-0.2, -0.15) is 0 Å². The molecule has 0 spiro atoms. The highest BCUT2D eigenvalue weighted by molar-refractivity contribution is 6.31. The van der Waals surface area contributed by atoms with Crippen LogP contribution in [0.4, 0.5) is 26.2 Å². The molecule has 1 saturated heterocycles. The van der Waals surface area contributed by atoms with Gasteiger partial charge in [0.15, 0.2) is 0 Å². The van der Waals surface area contributed by atoms with Crippen LogP contribution in [-0.2, 0) is 14.1 Å². The molecule has 0 saturated carbocycles. The summed E-state index contributed by atoms with van der Waals surface area (Å²) in [6, 6.07) is 7.25. The van der Waals surface area contributed by atoms with Crippen LogP contribution in [0, 0.1) is 5.82 Å². The van der Waals surface area contributed by atoms with E-state index in [9.17, 15) is 14.0 Å². The van der Waals surface area contributed by atoms with Crippen molar-refractivity contribution >= 4 is 45.7 Å². The first-order valence-electron chi connectivity index (χ1n) is 9.32. The molecule has 1 fully saturated rings. The quantitative estimate of drug-likeness (QED) is 0.678. The topological polar surface area (TPSA) is 71.3 Å². The predicted octanol–water partition coefficient (Wildman–Crippen LogP) is 3.91. The van der Waals surface area contributed by atoms with Crippen molar-refractivity contribution in [3.63, 3.8) is 0 Å². The number of aromatic nitrogens is 2. The summed E-state index contributed by atoms with van der Waals surface area (Å²) in [6.07, 6.45) is 2.15.